The molecule has 33 heavy (non-hydrogen) atoms. The number of tetrazole rings is 1. The lowest BCUT2D eigenvalue weighted by Gasteiger charge is -2.15. The molecule has 3 rings (SSSR count). The maximum atomic E-state index is 13.0. The van der Waals surface area contributed by atoms with Crippen LogP contribution in [0.3, 0.4) is 0 Å². The molecule has 0 fully saturated rings. The molecule has 2 heterocycles. The number of nitrogens with one attached hydrogen (secondary N) is 1. The van der Waals surface area contributed by atoms with Crippen LogP contribution in [-0.2, 0) is 14.3 Å². The van der Waals surface area contributed by atoms with Gasteiger partial charge in [0.1, 0.15) is 5.76 Å². The summed E-state index contributed by atoms with van der Waals surface area (Å²) >= 11 is 0. The molecule has 1 atom stereocenters. The van der Waals surface area contributed by atoms with Crippen LogP contribution in [0.2, 0.25) is 0 Å². The highest BCUT2D eigenvalue weighted by Gasteiger charge is 2.22. The van der Waals surface area contributed by atoms with Crippen LogP contribution in [0.15, 0.2) is 53.1 Å². The van der Waals surface area contributed by atoms with E-state index in [1.807, 2.05) is 37.3 Å². The van der Waals surface area contributed by atoms with Crippen molar-refractivity contribution >= 4 is 23.6 Å². The van der Waals surface area contributed by atoms with Gasteiger partial charge in [-0.1, -0.05) is 57.0 Å². The third kappa shape index (κ3) is 7.13. The summed E-state index contributed by atoms with van der Waals surface area (Å²) in [4.78, 5) is 25.3. The van der Waals surface area contributed by atoms with Crippen molar-refractivity contribution in [3.63, 3.8) is 0 Å². The molecule has 0 aliphatic carbocycles. The Bertz CT molecular complexity index is 1060. The molecule has 0 spiro atoms. The van der Waals surface area contributed by atoms with Crippen LogP contribution in [0, 0.1) is 5.92 Å². The van der Waals surface area contributed by atoms with Crippen molar-refractivity contribution in [1.82, 2.24) is 25.5 Å². The third-order valence-electron chi connectivity index (χ3n) is 4.92. The number of nitrogens with zero attached hydrogens (tertiary/aromatic N) is 4. The largest absolute Gasteiger partial charge is 0.465 e. The van der Waals surface area contributed by atoms with E-state index in [-0.39, 0.29) is 17.6 Å². The summed E-state index contributed by atoms with van der Waals surface area (Å²) in [6.45, 7) is 5.87. The van der Waals surface area contributed by atoms with Crippen molar-refractivity contribution in [2.24, 2.45) is 5.92 Å². The van der Waals surface area contributed by atoms with Gasteiger partial charge >= 0.3 is 5.97 Å². The molecule has 0 aliphatic rings. The summed E-state index contributed by atoms with van der Waals surface area (Å²) < 4.78 is 11.9. The van der Waals surface area contributed by atoms with Crippen molar-refractivity contribution in [2.75, 3.05) is 6.61 Å². The molecule has 174 valence electrons. The predicted molar refractivity (Wildman–Crippen MR) is 123 cm³/mol. The topological polar surface area (TPSA) is 112 Å². The highest BCUT2D eigenvalue weighted by Crippen LogP contribution is 2.21. The van der Waals surface area contributed by atoms with Gasteiger partial charge in [-0.05, 0) is 41.8 Å². The van der Waals surface area contributed by atoms with Crippen LogP contribution >= 0.6 is 0 Å². The number of carbonyl (C=O) groups is 2. The molecule has 1 unspecified atom stereocenters. The number of aromatic nitrogens is 4. The lowest BCUT2D eigenvalue weighted by atomic mass is 10.0. The molecule has 0 saturated heterocycles. The molecule has 1 N–H and O–H groups in total. The lowest BCUT2D eigenvalue weighted by Crippen LogP contribution is -2.36. The van der Waals surface area contributed by atoms with E-state index in [0.29, 0.717) is 23.1 Å². The second-order valence-corrected chi connectivity index (χ2v) is 8.19. The van der Waals surface area contributed by atoms with E-state index in [1.165, 1.54) is 17.0 Å². The zero-order chi connectivity index (χ0) is 23.6. The smallest absolute Gasteiger partial charge is 0.357 e. The average molecular weight is 452 g/mol. The Morgan fingerprint density at radius 2 is 1.91 bits per heavy atom. The number of hydrogen-bond acceptors (Lipinski definition) is 7. The van der Waals surface area contributed by atoms with E-state index in [2.05, 4.69) is 34.7 Å². The monoisotopic (exact) mass is 451 g/mol. The number of rotatable bonds is 11. The van der Waals surface area contributed by atoms with E-state index in [0.717, 1.165) is 19.3 Å². The van der Waals surface area contributed by atoms with Crippen molar-refractivity contribution < 1.29 is 18.7 Å². The fraction of sp³-hybridized carbons (Fsp3) is 0.375. The molecular formula is C24H29N5O4. The molecule has 1 aromatic carbocycles. The minimum absolute atomic E-state index is 0.00252. The minimum Gasteiger partial charge on any atom is -0.465 e. The first-order valence-corrected chi connectivity index (χ1v) is 11.0. The molecule has 1 amide bonds. The Morgan fingerprint density at radius 1 is 1.12 bits per heavy atom. The number of ether oxygens (including phenoxy) is 1. The van der Waals surface area contributed by atoms with Crippen LogP contribution in [-0.4, -0.2) is 44.7 Å². The number of benzene rings is 1. The van der Waals surface area contributed by atoms with Crippen LogP contribution in [0.1, 0.15) is 45.8 Å². The van der Waals surface area contributed by atoms with Gasteiger partial charge in [-0.3, -0.25) is 4.79 Å². The molecule has 9 nitrogen and oxygen atoms in total. The average Bonchev–Trinajstić information content (AvgIpc) is 3.48. The van der Waals surface area contributed by atoms with E-state index in [9.17, 15) is 9.59 Å². The SMILES string of the molecule is CC(C)CCCC(C)NC(=O)COC(=O)/C(=C/c1ccco1)n1nnnc1-c1ccccc1. The first-order valence-electron chi connectivity index (χ1n) is 11.0. The van der Waals surface area contributed by atoms with E-state index < -0.39 is 12.6 Å². The molecular weight excluding hydrogens is 422 g/mol. The summed E-state index contributed by atoms with van der Waals surface area (Å²) in [5.74, 6) is 0.282. The number of amides is 1. The van der Waals surface area contributed by atoms with Gasteiger partial charge in [0.2, 0.25) is 0 Å². The van der Waals surface area contributed by atoms with E-state index in [1.54, 1.807) is 12.1 Å². The second kappa shape index (κ2) is 11.8. The summed E-state index contributed by atoms with van der Waals surface area (Å²) in [6, 6.07) is 12.6. The van der Waals surface area contributed by atoms with Gasteiger partial charge in [0.05, 0.1) is 6.26 Å². The zero-order valence-electron chi connectivity index (χ0n) is 19.1. The maximum absolute atomic E-state index is 13.0. The molecule has 2 aromatic heterocycles. The molecule has 9 heteroatoms. The molecule has 0 aliphatic heterocycles. The van der Waals surface area contributed by atoms with Gasteiger partial charge in [-0.15, -0.1) is 5.10 Å². The van der Waals surface area contributed by atoms with Crippen molar-refractivity contribution in [3.8, 4) is 11.4 Å². The first-order chi connectivity index (χ1) is 15.9. The van der Waals surface area contributed by atoms with Crippen molar-refractivity contribution in [1.29, 1.82) is 0 Å². The Labute approximate surface area is 192 Å². The Morgan fingerprint density at radius 3 is 2.61 bits per heavy atom. The summed E-state index contributed by atoms with van der Waals surface area (Å²) in [6.07, 6.45) is 5.95. The fourth-order valence-corrected chi connectivity index (χ4v) is 3.26. The number of esters is 1. The van der Waals surface area contributed by atoms with Gasteiger partial charge in [-0.25, -0.2) is 4.79 Å². The minimum atomic E-state index is -0.751. The number of hydrogen-bond donors (Lipinski definition) is 1. The second-order valence-electron chi connectivity index (χ2n) is 8.19. The Kier molecular flexibility index (Phi) is 8.51. The van der Waals surface area contributed by atoms with Crippen molar-refractivity contribution in [3.05, 3.63) is 54.5 Å². The molecule has 0 radical (unpaired) electrons. The first kappa shape index (κ1) is 23.9. The highest BCUT2D eigenvalue weighted by molar-refractivity contribution is 6.15. The Balaban J connectivity index is 1.70. The summed E-state index contributed by atoms with van der Waals surface area (Å²) in [5.41, 5.74) is 0.736. The number of furan rings is 1. The zero-order valence-corrected chi connectivity index (χ0v) is 19.1. The summed E-state index contributed by atoms with van der Waals surface area (Å²) in [5, 5.41) is 14.6. The van der Waals surface area contributed by atoms with Gasteiger partial charge < -0.3 is 14.5 Å². The van der Waals surface area contributed by atoms with Crippen LogP contribution in [0.4, 0.5) is 0 Å². The van der Waals surface area contributed by atoms with E-state index >= 15 is 0 Å². The van der Waals surface area contributed by atoms with Crippen molar-refractivity contribution in [2.45, 2.75) is 46.1 Å². The van der Waals surface area contributed by atoms with Gasteiger partial charge in [0, 0.05) is 17.7 Å². The maximum Gasteiger partial charge on any atom is 0.357 e. The molecule has 0 saturated carbocycles. The van der Waals surface area contributed by atoms with Crippen LogP contribution < -0.4 is 5.32 Å². The fourth-order valence-electron chi connectivity index (χ4n) is 3.26. The van der Waals surface area contributed by atoms with Crippen LogP contribution in [0.25, 0.3) is 23.2 Å². The molecule has 3 aromatic rings. The van der Waals surface area contributed by atoms with Gasteiger partial charge in [-0.2, -0.15) is 4.68 Å². The summed E-state index contributed by atoms with van der Waals surface area (Å²) in [7, 11) is 0. The molecule has 0 bridgehead atoms. The number of carbonyl (C=O) groups excluding carboxylic acids is 2. The standard InChI is InChI=1S/C24H29N5O4/c1-17(2)9-7-10-18(3)25-22(30)16-33-24(31)21(15-20-13-8-14-32-20)29-23(26-27-28-29)19-11-5-4-6-12-19/h4-6,8,11-15,17-18H,7,9-10,16H2,1-3H3,(H,25,30)/b21-15-. The van der Waals surface area contributed by atoms with Crippen LogP contribution in [0.5, 0.6) is 0 Å². The Hall–Kier alpha value is -3.75. The normalized spacial score (nSPS) is 12.5. The quantitative estimate of drug-likeness (QED) is 0.348. The van der Waals surface area contributed by atoms with E-state index in [4.69, 9.17) is 9.15 Å². The third-order valence-corrected chi connectivity index (χ3v) is 4.92. The lowest BCUT2D eigenvalue weighted by molar-refractivity contribution is -0.143. The van der Waals surface area contributed by atoms with Gasteiger partial charge in [0.15, 0.2) is 18.1 Å². The highest BCUT2D eigenvalue weighted by atomic mass is 16.5. The van der Waals surface area contributed by atoms with Gasteiger partial charge in [0.25, 0.3) is 5.91 Å². The predicted octanol–water partition coefficient (Wildman–Crippen LogP) is 3.81.